The standard InChI is InChI=1S/C21H18N2O2/c22-23-13-16-12-15-7-2-4-10-18(15)20(21(16,24)25)19-11-5-8-14-6-1-3-9-17(14)19/h1-13,16,24-25H,22H2/b23-13+. The Balaban J connectivity index is 2.15. The molecule has 0 aromatic heterocycles. The number of hydrogen-bond donors (Lipinski definition) is 3. The Bertz CT molecular complexity index is 1090. The van der Waals surface area contributed by atoms with Gasteiger partial charge < -0.3 is 16.1 Å². The molecule has 4 nitrogen and oxygen atoms in total. The molecule has 1 aliphatic rings. The third kappa shape index (κ3) is 2.43. The van der Waals surface area contributed by atoms with Gasteiger partial charge in [0, 0.05) is 11.8 Å². The van der Waals surface area contributed by atoms with E-state index in [-0.39, 0.29) is 0 Å². The van der Waals surface area contributed by atoms with E-state index in [2.05, 4.69) is 5.10 Å². The van der Waals surface area contributed by atoms with Gasteiger partial charge in [0.05, 0.1) is 5.92 Å². The SMILES string of the molecule is N/N=C/C1C=c2ccccc2=C(c2cccc3ccccc23)C1(O)O. The maximum atomic E-state index is 11.0. The summed E-state index contributed by atoms with van der Waals surface area (Å²) in [6.07, 6.45) is 3.14. The maximum absolute atomic E-state index is 11.0. The summed E-state index contributed by atoms with van der Waals surface area (Å²) in [6.45, 7) is 0. The lowest BCUT2D eigenvalue weighted by molar-refractivity contribution is -0.118. The number of rotatable bonds is 2. The van der Waals surface area contributed by atoms with Crippen LogP contribution in [-0.2, 0) is 0 Å². The number of nitrogens with two attached hydrogens (primary N) is 1. The minimum Gasteiger partial charge on any atom is -0.361 e. The molecule has 1 unspecified atom stereocenters. The summed E-state index contributed by atoms with van der Waals surface area (Å²) in [7, 11) is 0. The van der Waals surface area contributed by atoms with Gasteiger partial charge in [-0.25, -0.2) is 0 Å². The van der Waals surface area contributed by atoms with Gasteiger partial charge in [0.2, 0.25) is 5.79 Å². The molecule has 0 amide bonds. The van der Waals surface area contributed by atoms with E-state index in [1.165, 1.54) is 6.21 Å². The van der Waals surface area contributed by atoms with Crippen LogP contribution in [0.3, 0.4) is 0 Å². The van der Waals surface area contributed by atoms with Gasteiger partial charge in [-0.15, -0.1) is 0 Å². The van der Waals surface area contributed by atoms with Gasteiger partial charge in [0.15, 0.2) is 0 Å². The van der Waals surface area contributed by atoms with Gasteiger partial charge in [0.1, 0.15) is 0 Å². The molecule has 4 rings (SSSR count). The highest BCUT2D eigenvalue weighted by Crippen LogP contribution is 2.34. The van der Waals surface area contributed by atoms with Gasteiger partial charge in [0.25, 0.3) is 0 Å². The molecule has 1 aliphatic carbocycles. The van der Waals surface area contributed by atoms with Crippen LogP contribution >= 0.6 is 0 Å². The molecule has 4 heteroatoms. The molecule has 3 aromatic rings. The lowest BCUT2D eigenvalue weighted by Gasteiger charge is -2.33. The molecule has 25 heavy (non-hydrogen) atoms. The van der Waals surface area contributed by atoms with Crippen molar-refractivity contribution in [1.82, 2.24) is 0 Å². The number of aliphatic hydroxyl groups is 2. The van der Waals surface area contributed by atoms with Crippen LogP contribution in [0, 0.1) is 5.92 Å². The summed E-state index contributed by atoms with van der Waals surface area (Å²) in [5.74, 6) is 2.45. The second kappa shape index (κ2) is 5.84. The Labute approximate surface area is 144 Å². The smallest absolute Gasteiger partial charge is 0.202 e. The van der Waals surface area contributed by atoms with Crippen molar-refractivity contribution in [2.45, 2.75) is 5.79 Å². The van der Waals surface area contributed by atoms with Crippen molar-refractivity contribution in [2.75, 3.05) is 0 Å². The van der Waals surface area contributed by atoms with Crippen molar-refractivity contribution < 1.29 is 10.2 Å². The van der Waals surface area contributed by atoms with E-state index in [0.717, 1.165) is 26.8 Å². The minimum absolute atomic E-state index is 0.465. The van der Waals surface area contributed by atoms with Crippen molar-refractivity contribution in [2.24, 2.45) is 16.9 Å². The number of benzene rings is 3. The average Bonchev–Trinajstić information content (AvgIpc) is 2.62. The second-order valence-corrected chi connectivity index (χ2v) is 6.21. The Morgan fingerprint density at radius 2 is 1.64 bits per heavy atom. The fraction of sp³-hybridized carbons (Fsp3) is 0.0952. The molecule has 0 spiro atoms. The molecular weight excluding hydrogens is 312 g/mol. The van der Waals surface area contributed by atoms with E-state index < -0.39 is 11.7 Å². The number of fused-ring (bicyclic) bond motifs is 2. The van der Waals surface area contributed by atoms with E-state index in [0.29, 0.717) is 5.57 Å². The highest BCUT2D eigenvalue weighted by atomic mass is 16.5. The van der Waals surface area contributed by atoms with Crippen molar-refractivity contribution in [3.8, 4) is 0 Å². The molecule has 0 saturated carbocycles. The van der Waals surface area contributed by atoms with Gasteiger partial charge in [-0.2, -0.15) is 5.10 Å². The van der Waals surface area contributed by atoms with Crippen LogP contribution in [0.5, 0.6) is 0 Å². The molecule has 1 atom stereocenters. The molecular formula is C21H18N2O2. The molecule has 0 fully saturated rings. The quantitative estimate of drug-likeness (QED) is 0.285. The van der Waals surface area contributed by atoms with E-state index >= 15 is 0 Å². The third-order valence-corrected chi connectivity index (χ3v) is 4.73. The predicted octanol–water partition coefficient (Wildman–Crippen LogP) is 1.07. The third-order valence-electron chi connectivity index (χ3n) is 4.73. The second-order valence-electron chi connectivity index (χ2n) is 6.21. The van der Waals surface area contributed by atoms with Gasteiger partial charge in [-0.1, -0.05) is 72.8 Å². The Morgan fingerprint density at radius 1 is 0.920 bits per heavy atom. The molecule has 124 valence electrons. The fourth-order valence-electron chi connectivity index (χ4n) is 3.57. The number of hydrazone groups is 1. The zero-order chi connectivity index (χ0) is 17.4. The van der Waals surface area contributed by atoms with E-state index in [9.17, 15) is 10.2 Å². The molecule has 3 aromatic carbocycles. The Hall–Kier alpha value is -2.95. The van der Waals surface area contributed by atoms with E-state index in [1.54, 1.807) is 6.08 Å². The lowest BCUT2D eigenvalue weighted by atomic mass is 9.80. The number of hydrogen-bond acceptors (Lipinski definition) is 4. The van der Waals surface area contributed by atoms with Crippen LogP contribution < -0.4 is 16.3 Å². The minimum atomic E-state index is -2.11. The molecule has 0 heterocycles. The highest BCUT2D eigenvalue weighted by molar-refractivity contribution is 5.96. The van der Waals surface area contributed by atoms with Crippen LogP contribution in [0.1, 0.15) is 5.56 Å². The monoisotopic (exact) mass is 330 g/mol. The zero-order valence-corrected chi connectivity index (χ0v) is 13.5. The van der Waals surface area contributed by atoms with E-state index in [1.807, 2.05) is 66.7 Å². The fourth-order valence-corrected chi connectivity index (χ4v) is 3.57. The van der Waals surface area contributed by atoms with Crippen LogP contribution in [0.15, 0.2) is 71.8 Å². The molecule has 4 N–H and O–H groups in total. The van der Waals surface area contributed by atoms with Gasteiger partial charge >= 0.3 is 0 Å². The zero-order valence-electron chi connectivity index (χ0n) is 13.5. The van der Waals surface area contributed by atoms with E-state index in [4.69, 9.17) is 5.84 Å². The summed E-state index contributed by atoms with van der Waals surface area (Å²) >= 11 is 0. The summed E-state index contributed by atoms with van der Waals surface area (Å²) in [5, 5.41) is 29.3. The van der Waals surface area contributed by atoms with Gasteiger partial charge in [-0.05, 0) is 26.8 Å². The topological polar surface area (TPSA) is 78.8 Å². The van der Waals surface area contributed by atoms with Crippen molar-refractivity contribution in [3.63, 3.8) is 0 Å². The first-order valence-electron chi connectivity index (χ1n) is 8.11. The summed E-state index contributed by atoms with van der Waals surface area (Å²) in [4.78, 5) is 0. The first kappa shape index (κ1) is 15.6. The molecule has 0 aliphatic heterocycles. The predicted molar refractivity (Wildman–Crippen MR) is 100.0 cm³/mol. The first-order chi connectivity index (χ1) is 12.1. The van der Waals surface area contributed by atoms with Crippen LogP contribution in [0.4, 0.5) is 0 Å². The number of nitrogens with zero attached hydrogens (tertiary/aromatic N) is 1. The van der Waals surface area contributed by atoms with Gasteiger partial charge in [-0.3, -0.25) is 0 Å². The first-order valence-corrected chi connectivity index (χ1v) is 8.11. The summed E-state index contributed by atoms with van der Waals surface area (Å²) < 4.78 is 0. The molecule has 0 saturated heterocycles. The normalized spacial score (nSPS) is 19.0. The maximum Gasteiger partial charge on any atom is 0.202 e. The summed E-state index contributed by atoms with van der Waals surface area (Å²) in [5.41, 5.74) is 1.26. The van der Waals surface area contributed by atoms with Crippen LogP contribution in [0.25, 0.3) is 22.4 Å². The molecule has 0 radical (unpaired) electrons. The summed E-state index contributed by atoms with van der Waals surface area (Å²) in [6, 6.07) is 21.4. The van der Waals surface area contributed by atoms with Crippen molar-refractivity contribution in [3.05, 3.63) is 82.7 Å². The van der Waals surface area contributed by atoms with Crippen molar-refractivity contribution in [1.29, 1.82) is 0 Å². The average molecular weight is 330 g/mol. The Kier molecular flexibility index (Phi) is 3.64. The van der Waals surface area contributed by atoms with Crippen LogP contribution in [0.2, 0.25) is 0 Å². The highest BCUT2D eigenvalue weighted by Gasteiger charge is 2.40. The lowest BCUT2D eigenvalue weighted by Crippen LogP contribution is -2.49. The van der Waals surface area contributed by atoms with Crippen LogP contribution in [-0.4, -0.2) is 22.2 Å². The Morgan fingerprint density at radius 3 is 2.48 bits per heavy atom. The largest absolute Gasteiger partial charge is 0.361 e. The molecule has 0 bridgehead atoms. The van der Waals surface area contributed by atoms with Crippen molar-refractivity contribution >= 4 is 28.6 Å².